The van der Waals surface area contributed by atoms with Crippen LogP contribution < -0.4 is 10.6 Å². The molecule has 2 unspecified atom stereocenters. The molecule has 5 nitrogen and oxygen atoms in total. The second-order valence-corrected chi connectivity index (χ2v) is 7.63. The second-order valence-electron chi connectivity index (χ2n) is 7.63. The Morgan fingerprint density at radius 3 is 2.78 bits per heavy atom. The van der Waals surface area contributed by atoms with Gasteiger partial charge in [-0.25, -0.2) is 4.79 Å². The molecule has 0 saturated carbocycles. The number of hydrogen-bond donors (Lipinski definition) is 2. The Morgan fingerprint density at radius 2 is 1.96 bits per heavy atom. The number of aryl methyl sites for hydroxylation is 1. The van der Waals surface area contributed by atoms with E-state index >= 15 is 0 Å². The molecule has 27 heavy (non-hydrogen) atoms. The smallest absolute Gasteiger partial charge is 0.315 e. The molecule has 1 aliphatic heterocycles. The standard InChI is InChI=1S/C22H29N3O2/c26-22(24-19-11-6-9-17-8-2-3-10-18(17)19)23-16-20(21-12-7-15-27-21)25-13-4-1-5-14-25/h2-3,7-8,10,12,15,19-20H,1,4-6,9,11,13-14,16H2,(H2,23,24,26). The molecule has 2 heterocycles. The number of likely N-dealkylation sites (tertiary alicyclic amines) is 1. The molecular formula is C22H29N3O2. The van der Waals surface area contributed by atoms with Gasteiger partial charge in [0.05, 0.1) is 18.3 Å². The zero-order chi connectivity index (χ0) is 18.5. The SMILES string of the molecule is O=C(NCC(c1ccco1)N1CCCCC1)NC1CCCc2ccccc21. The lowest BCUT2D eigenvalue weighted by Gasteiger charge is -2.33. The Kier molecular flexibility index (Phi) is 5.78. The van der Waals surface area contributed by atoms with Crippen LogP contribution in [0.4, 0.5) is 4.79 Å². The van der Waals surface area contributed by atoms with E-state index in [9.17, 15) is 4.79 Å². The zero-order valence-corrected chi connectivity index (χ0v) is 15.8. The van der Waals surface area contributed by atoms with Crippen molar-refractivity contribution in [2.24, 2.45) is 0 Å². The van der Waals surface area contributed by atoms with Gasteiger partial charge in [0.15, 0.2) is 0 Å². The van der Waals surface area contributed by atoms with Crippen LogP contribution in [0.1, 0.15) is 61.1 Å². The van der Waals surface area contributed by atoms with Crippen molar-refractivity contribution in [1.29, 1.82) is 0 Å². The number of furan rings is 1. The maximum Gasteiger partial charge on any atom is 0.315 e. The monoisotopic (exact) mass is 367 g/mol. The van der Waals surface area contributed by atoms with E-state index in [1.807, 2.05) is 12.1 Å². The van der Waals surface area contributed by atoms with Gasteiger partial charge in [0.1, 0.15) is 5.76 Å². The van der Waals surface area contributed by atoms with Gasteiger partial charge in [0.2, 0.25) is 0 Å². The minimum Gasteiger partial charge on any atom is -0.468 e. The summed E-state index contributed by atoms with van der Waals surface area (Å²) in [7, 11) is 0. The molecule has 2 aromatic rings. The molecule has 5 heteroatoms. The highest BCUT2D eigenvalue weighted by atomic mass is 16.3. The zero-order valence-electron chi connectivity index (χ0n) is 15.8. The molecule has 1 aromatic carbocycles. The molecule has 2 N–H and O–H groups in total. The molecule has 1 saturated heterocycles. The van der Waals surface area contributed by atoms with Crippen molar-refractivity contribution >= 4 is 6.03 Å². The number of nitrogens with zero attached hydrogens (tertiary/aromatic N) is 1. The Hall–Kier alpha value is -2.27. The number of carbonyl (C=O) groups is 1. The van der Waals surface area contributed by atoms with Gasteiger partial charge < -0.3 is 15.1 Å². The maximum atomic E-state index is 12.6. The minimum absolute atomic E-state index is 0.0923. The van der Waals surface area contributed by atoms with Gasteiger partial charge in [-0.05, 0) is 68.5 Å². The minimum atomic E-state index is -0.0923. The molecule has 1 aromatic heterocycles. The summed E-state index contributed by atoms with van der Waals surface area (Å²) in [4.78, 5) is 15.0. The Morgan fingerprint density at radius 1 is 1.11 bits per heavy atom. The van der Waals surface area contributed by atoms with Crippen LogP contribution in [0, 0.1) is 0 Å². The average Bonchev–Trinajstić information content (AvgIpc) is 3.24. The van der Waals surface area contributed by atoms with E-state index in [2.05, 4.69) is 39.8 Å². The van der Waals surface area contributed by atoms with Gasteiger partial charge in [-0.15, -0.1) is 0 Å². The predicted octanol–water partition coefficient (Wildman–Crippen LogP) is 4.18. The largest absolute Gasteiger partial charge is 0.468 e. The fourth-order valence-corrected chi connectivity index (χ4v) is 4.42. The van der Waals surface area contributed by atoms with Crippen LogP contribution in [0.5, 0.6) is 0 Å². The molecule has 144 valence electrons. The fraction of sp³-hybridized carbons (Fsp3) is 0.500. The van der Waals surface area contributed by atoms with Crippen molar-refractivity contribution in [3.8, 4) is 0 Å². The fourth-order valence-electron chi connectivity index (χ4n) is 4.42. The molecule has 0 bridgehead atoms. The van der Waals surface area contributed by atoms with Gasteiger partial charge in [-0.2, -0.15) is 0 Å². The van der Waals surface area contributed by atoms with E-state index in [0.29, 0.717) is 6.54 Å². The number of benzene rings is 1. The first-order chi connectivity index (χ1) is 13.3. The number of carbonyl (C=O) groups excluding carboxylic acids is 1. The molecule has 0 spiro atoms. The van der Waals surface area contributed by atoms with Crippen LogP contribution in [0.3, 0.4) is 0 Å². The van der Waals surface area contributed by atoms with E-state index in [-0.39, 0.29) is 18.1 Å². The van der Waals surface area contributed by atoms with Gasteiger partial charge in [0, 0.05) is 6.54 Å². The molecule has 1 aliphatic carbocycles. The first kappa shape index (κ1) is 18.1. The number of amides is 2. The maximum absolute atomic E-state index is 12.6. The lowest BCUT2D eigenvalue weighted by Crippen LogP contribution is -2.44. The third kappa shape index (κ3) is 4.35. The first-order valence-electron chi connectivity index (χ1n) is 10.2. The highest BCUT2D eigenvalue weighted by Gasteiger charge is 2.26. The van der Waals surface area contributed by atoms with E-state index in [4.69, 9.17) is 4.42 Å². The normalized spacial score (nSPS) is 21.3. The number of urea groups is 1. The summed E-state index contributed by atoms with van der Waals surface area (Å²) in [6.07, 6.45) is 8.64. The molecule has 2 atom stereocenters. The Bertz CT molecular complexity index is 738. The van der Waals surface area contributed by atoms with E-state index in [1.54, 1.807) is 6.26 Å². The summed E-state index contributed by atoms with van der Waals surface area (Å²) in [6, 6.07) is 12.5. The van der Waals surface area contributed by atoms with Crippen LogP contribution in [0.2, 0.25) is 0 Å². The van der Waals surface area contributed by atoms with Crippen LogP contribution in [0.15, 0.2) is 47.1 Å². The summed E-state index contributed by atoms with van der Waals surface area (Å²) in [5.41, 5.74) is 2.62. The van der Waals surface area contributed by atoms with Crippen molar-refractivity contribution in [1.82, 2.24) is 15.5 Å². The van der Waals surface area contributed by atoms with Gasteiger partial charge in [-0.1, -0.05) is 30.7 Å². The Labute approximate surface area is 161 Å². The van der Waals surface area contributed by atoms with Crippen LogP contribution in [-0.4, -0.2) is 30.6 Å². The third-order valence-corrected chi connectivity index (χ3v) is 5.83. The molecular weight excluding hydrogens is 338 g/mol. The Balaban J connectivity index is 1.37. The summed E-state index contributed by atoms with van der Waals surface area (Å²) < 4.78 is 5.66. The number of piperidine rings is 1. The second kappa shape index (κ2) is 8.61. The highest BCUT2D eigenvalue weighted by Crippen LogP contribution is 2.29. The van der Waals surface area contributed by atoms with E-state index in [0.717, 1.165) is 38.1 Å². The summed E-state index contributed by atoms with van der Waals surface area (Å²) in [5, 5.41) is 6.27. The number of rotatable bonds is 5. The molecule has 1 fully saturated rings. The predicted molar refractivity (Wildman–Crippen MR) is 106 cm³/mol. The van der Waals surface area contributed by atoms with Crippen molar-refractivity contribution in [3.63, 3.8) is 0 Å². The lowest BCUT2D eigenvalue weighted by atomic mass is 9.88. The van der Waals surface area contributed by atoms with Crippen LogP contribution in [0.25, 0.3) is 0 Å². The lowest BCUT2D eigenvalue weighted by molar-refractivity contribution is 0.143. The summed E-state index contributed by atoms with van der Waals surface area (Å²) in [5.74, 6) is 0.931. The summed E-state index contributed by atoms with van der Waals surface area (Å²) in [6.45, 7) is 2.68. The summed E-state index contributed by atoms with van der Waals surface area (Å²) >= 11 is 0. The topological polar surface area (TPSA) is 57.5 Å². The molecule has 4 rings (SSSR count). The first-order valence-corrected chi connectivity index (χ1v) is 10.2. The van der Waals surface area contributed by atoms with E-state index in [1.165, 1.54) is 30.4 Å². The molecule has 2 amide bonds. The molecule has 2 aliphatic rings. The average molecular weight is 367 g/mol. The highest BCUT2D eigenvalue weighted by molar-refractivity contribution is 5.74. The quantitative estimate of drug-likeness (QED) is 0.833. The van der Waals surface area contributed by atoms with Crippen LogP contribution >= 0.6 is 0 Å². The van der Waals surface area contributed by atoms with Crippen molar-refractivity contribution in [2.75, 3.05) is 19.6 Å². The van der Waals surface area contributed by atoms with Gasteiger partial charge >= 0.3 is 6.03 Å². The van der Waals surface area contributed by atoms with Crippen molar-refractivity contribution < 1.29 is 9.21 Å². The number of hydrogen-bond acceptors (Lipinski definition) is 3. The van der Waals surface area contributed by atoms with Gasteiger partial charge in [-0.3, -0.25) is 4.90 Å². The third-order valence-electron chi connectivity index (χ3n) is 5.83. The molecule has 0 radical (unpaired) electrons. The van der Waals surface area contributed by atoms with Crippen molar-refractivity contribution in [3.05, 3.63) is 59.5 Å². The van der Waals surface area contributed by atoms with Crippen molar-refractivity contribution in [2.45, 2.75) is 50.6 Å². The number of fused-ring (bicyclic) bond motifs is 1. The number of nitrogens with one attached hydrogen (secondary N) is 2. The van der Waals surface area contributed by atoms with E-state index < -0.39 is 0 Å². The van der Waals surface area contributed by atoms with Gasteiger partial charge in [0.25, 0.3) is 0 Å². The van der Waals surface area contributed by atoms with Crippen LogP contribution in [-0.2, 0) is 6.42 Å².